The molecule has 2 heterocycles. The molecule has 0 unspecified atom stereocenters. The van der Waals surface area contributed by atoms with Crippen molar-refractivity contribution in [3.05, 3.63) is 54.4 Å². The first-order chi connectivity index (χ1) is 12.1. The van der Waals surface area contributed by atoms with Crippen LogP contribution in [-0.4, -0.2) is 24.0 Å². The summed E-state index contributed by atoms with van der Waals surface area (Å²) in [5.41, 5.74) is 0.561. The average Bonchev–Trinajstić information content (AvgIpc) is 2.62. The number of ether oxygens (including phenoxy) is 1. The SMILES string of the molecule is COc1cc([C@H]2[C@H]([n+]3ccccc3)C(=O)NC(=O)[C@@H]2C#N)ccc1O. The Morgan fingerprint density at radius 1 is 1.20 bits per heavy atom. The van der Waals surface area contributed by atoms with Crippen molar-refractivity contribution in [3.8, 4) is 17.6 Å². The molecular weight excluding hydrogens is 322 g/mol. The van der Waals surface area contributed by atoms with E-state index >= 15 is 0 Å². The lowest BCUT2D eigenvalue weighted by molar-refractivity contribution is -0.713. The van der Waals surface area contributed by atoms with Crippen LogP contribution in [0.2, 0.25) is 0 Å². The van der Waals surface area contributed by atoms with Crippen LogP contribution in [0.1, 0.15) is 17.5 Å². The first-order valence-electron chi connectivity index (χ1n) is 7.64. The number of carbonyl (C=O) groups excluding carboxylic acids is 2. The second kappa shape index (κ2) is 6.61. The van der Waals surface area contributed by atoms with E-state index in [0.717, 1.165) is 0 Å². The standard InChI is InChI=1S/C18H15N3O4/c1-25-14-9-11(5-6-13(14)22)15-12(10-19)17(23)20-18(24)16(15)21-7-3-2-4-8-21/h2-9,12,15-16H,1H3,(H-,20,22,23,24)/p+1/t12-,15-,16+/m1/s1. The first kappa shape index (κ1) is 16.5. The normalized spacial score (nSPS) is 22.8. The van der Waals surface area contributed by atoms with Crippen molar-refractivity contribution in [2.24, 2.45) is 5.92 Å². The van der Waals surface area contributed by atoms with Crippen molar-refractivity contribution in [1.29, 1.82) is 5.26 Å². The molecule has 1 saturated heterocycles. The lowest BCUT2D eigenvalue weighted by Gasteiger charge is -2.30. The number of phenolic OH excluding ortho intramolecular Hbond substituents is 1. The molecule has 1 aromatic heterocycles. The Morgan fingerprint density at radius 3 is 2.56 bits per heavy atom. The molecule has 1 aliphatic rings. The molecule has 2 N–H and O–H groups in total. The lowest BCUT2D eigenvalue weighted by Crippen LogP contribution is -2.59. The highest BCUT2D eigenvalue weighted by Crippen LogP contribution is 2.39. The van der Waals surface area contributed by atoms with E-state index < -0.39 is 29.7 Å². The van der Waals surface area contributed by atoms with E-state index in [-0.39, 0.29) is 11.5 Å². The van der Waals surface area contributed by atoms with Gasteiger partial charge in [0.15, 0.2) is 23.9 Å². The number of benzene rings is 1. The van der Waals surface area contributed by atoms with E-state index in [1.165, 1.54) is 13.2 Å². The summed E-state index contributed by atoms with van der Waals surface area (Å²) in [7, 11) is 1.41. The van der Waals surface area contributed by atoms with E-state index in [2.05, 4.69) is 5.32 Å². The lowest BCUT2D eigenvalue weighted by atomic mass is 9.77. The summed E-state index contributed by atoms with van der Waals surface area (Å²) >= 11 is 0. The Kier molecular flexibility index (Phi) is 4.35. The third kappa shape index (κ3) is 2.90. The molecule has 0 spiro atoms. The van der Waals surface area contributed by atoms with E-state index in [4.69, 9.17) is 4.74 Å². The van der Waals surface area contributed by atoms with Gasteiger partial charge in [0.25, 0.3) is 5.91 Å². The van der Waals surface area contributed by atoms with Gasteiger partial charge in [-0.1, -0.05) is 12.1 Å². The van der Waals surface area contributed by atoms with Crippen molar-refractivity contribution in [2.45, 2.75) is 12.0 Å². The topological polar surface area (TPSA) is 103 Å². The minimum Gasteiger partial charge on any atom is -0.504 e. The van der Waals surface area contributed by atoms with Crippen LogP contribution in [0.3, 0.4) is 0 Å². The number of methoxy groups -OCH3 is 1. The van der Waals surface area contributed by atoms with Crippen LogP contribution in [0, 0.1) is 17.2 Å². The Hall–Kier alpha value is -3.40. The number of pyridine rings is 1. The van der Waals surface area contributed by atoms with Crippen LogP contribution in [0.4, 0.5) is 0 Å². The highest BCUT2D eigenvalue weighted by molar-refractivity contribution is 6.02. The third-order valence-electron chi connectivity index (χ3n) is 4.28. The number of piperidine rings is 1. The number of hydrogen-bond donors (Lipinski definition) is 2. The van der Waals surface area contributed by atoms with Gasteiger partial charge in [-0.05, 0) is 17.7 Å². The van der Waals surface area contributed by atoms with Crippen molar-refractivity contribution < 1.29 is 24.0 Å². The molecular formula is C18H16N3O4+. The number of imide groups is 1. The third-order valence-corrected chi connectivity index (χ3v) is 4.28. The number of amides is 2. The molecule has 0 aliphatic carbocycles. The monoisotopic (exact) mass is 338 g/mol. The molecule has 2 amide bonds. The van der Waals surface area contributed by atoms with E-state index in [1.54, 1.807) is 41.2 Å². The van der Waals surface area contributed by atoms with Gasteiger partial charge in [-0.3, -0.25) is 14.9 Å². The first-order valence-corrected chi connectivity index (χ1v) is 7.64. The highest BCUT2D eigenvalue weighted by Gasteiger charge is 2.50. The van der Waals surface area contributed by atoms with Crippen LogP contribution in [0.15, 0.2) is 48.8 Å². The molecule has 0 saturated carbocycles. The van der Waals surface area contributed by atoms with Crippen molar-refractivity contribution in [2.75, 3.05) is 7.11 Å². The van der Waals surface area contributed by atoms with Crippen molar-refractivity contribution in [1.82, 2.24) is 5.32 Å². The van der Waals surface area contributed by atoms with E-state index in [1.807, 2.05) is 12.1 Å². The Morgan fingerprint density at radius 2 is 1.92 bits per heavy atom. The van der Waals surface area contributed by atoms with E-state index in [9.17, 15) is 20.0 Å². The van der Waals surface area contributed by atoms with Gasteiger partial charge in [0.2, 0.25) is 11.9 Å². The van der Waals surface area contributed by atoms with Gasteiger partial charge in [0, 0.05) is 12.1 Å². The van der Waals surface area contributed by atoms with E-state index in [0.29, 0.717) is 5.56 Å². The molecule has 3 rings (SSSR count). The quantitative estimate of drug-likeness (QED) is 0.637. The summed E-state index contributed by atoms with van der Waals surface area (Å²) in [5, 5.41) is 21.6. The largest absolute Gasteiger partial charge is 0.504 e. The van der Waals surface area contributed by atoms with Crippen molar-refractivity contribution >= 4 is 11.8 Å². The molecule has 126 valence electrons. The second-order valence-corrected chi connectivity index (χ2v) is 5.68. The van der Waals surface area contributed by atoms with Crippen LogP contribution in [0.5, 0.6) is 11.5 Å². The van der Waals surface area contributed by atoms with Crippen molar-refractivity contribution in [3.63, 3.8) is 0 Å². The summed E-state index contributed by atoms with van der Waals surface area (Å²) in [5.74, 6) is -2.72. The fourth-order valence-electron chi connectivity index (χ4n) is 3.12. The molecule has 7 heteroatoms. The maximum atomic E-state index is 12.5. The molecule has 3 atom stereocenters. The molecule has 1 aliphatic heterocycles. The summed E-state index contributed by atoms with van der Waals surface area (Å²) in [6.07, 6.45) is 3.41. The second-order valence-electron chi connectivity index (χ2n) is 5.68. The van der Waals surface area contributed by atoms with Crippen LogP contribution in [-0.2, 0) is 9.59 Å². The zero-order chi connectivity index (χ0) is 18.0. The summed E-state index contributed by atoms with van der Waals surface area (Å²) in [6, 6.07) is 11.1. The van der Waals surface area contributed by atoms with Gasteiger partial charge in [-0.15, -0.1) is 0 Å². The van der Waals surface area contributed by atoms with Gasteiger partial charge in [-0.2, -0.15) is 9.83 Å². The molecule has 25 heavy (non-hydrogen) atoms. The summed E-state index contributed by atoms with van der Waals surface area (Å²) < 4.78 is 6.78. The highest BCUT2D eigenvalue weighted by atomic mass is 16.5. The van der Waals surface area contributed by atoms with Crippen LogP contribution >= 0.6 is 0 Å². The minimum atomic E-state index is -1.05. The average molecular weight is 338 g/mol. The molecule has 0 radical (unpaired) electrons. The minimum absolute atomic E-state index is 0.0599. The smallest absolute Gasteiger partial charge is 0.296 e. The number of nitriles is 1. The zero-order valence-corrected chi connectivity index (χ0v) is 13.4. The maximum Gasteiger partial charge on any atom is 0.296 e. The number of aromatic hydroxyl groups is 1. The predicted molar refractivity (Wildman–Crippen MR) is 85.3 cm³/mol. The fraction of sp³-hybridized carbons (Fsp3) is 0.222. The summed E-state index contributed by atoms with van der Waals surface area (Å²) in [4.78, 5) is 24.7. The molecule has 1 aromatic carbocycles. The number of aromatic nitrogens is 1. The number of nitrogens with zero attached hydrogens (tertiary/aromatic N) is 2. The number of carbonyl (C=O) groups is 2. The maximum absolute atomic E-state index is 12.5. The number of rotatable bonds is 3. The van der Waals surface area contributed by atoms with Gasteiger partial charge in [0.05, 0.1) is 19.1 Å². The Labute approximate surface area is 144 Å². The van der Waals surface area contributed by atoms with Gasteiger partial charge in [0.1, 0.15) is 5.92 Å². The Balaban J connectivity index is 2.16. The number of hydrogen-bond acceptors (Lipinski definition) is 5. The van der Waals surface area contributed by atoms with Gasteiger partial charge in [-0.25, -0.2) is 0 Å². The molecule has 2 aromatic rings. The number of phenols is 1. The molecule has 7 nitrogen and oxygen atoms in total. The summed E-state index contributed by atoms with van der Waals surface area (Å²) in [6.45, 7) is 0. The fourth-order valence-corrected chi connectivity index (χ4v) is 3.12. The zero-order valence-electron chi connectivity index (χ0n) is 13.4. The Bertz CT molecular complexity index is 860. The molecule has 0 bridgehead atoms. The van der Waals surface area contributed by atoms with Gasteiger partial charge >= 0.3 is 0 Å². The van der Waals surface area contributed by atoms with Crippen LogP contribution < -0.4 is 14.6 Å². The molecule has 1 fully saturated rings. The predicted octanol–water partition coefficient (Wildman–Crippen LogP) is 0.809. The van der Waals surface area contributed by atoms with Gasteiger partial charge < -0.3 is 9.84 Å². The number of nitrogens with one attached hydrogen (secondary N) is 1. The van der Waals surface area contributed by atoms with Crippen LogP contribution in [0.25, 0.3) is 0 Å².